The molecule has 1 aromatic carbocycles. The standard InChI is InChI=1S/C16H17N3O3S/c17-15(20)13-9-19(6-7-22-13)16(21)12-10-23-14(18-12)8-11-4-2-1-3-5-11/h1-5,10,13H,6-9H2,(H2,17,20)/t13-/m1/s1. The molecule has 1 fully saturated rings. The first kappa shape index (κ1) is 15.6. The van der Waals surface area contributed by atoms with Crippen molar-refractivity contribution in [3.63, 3.8) is 0 Å². The predicted molar refractivity (Wildman–Crippen MR) is 86.2 cm³/mol. The zero-order valence-corrected chi connectivity index (χ0v) is 13.3. The molecule has 7 heteroatoms. The number of hydrogen-bond acceptors (Lipinski definition) is 5. The molecule has 0 radical (unpaired) electrons. The van der Waals surface area contributed by atoms with Gasteiger partial charge in [-0.2, -0.15) is 0 Å². The molecule has 0 unspecified atom stereocenters. The fourth-order valence-corrected chi connectivity index (χ4v) is 3.23. The normalized spacial score (nSPS) is 17.9. The van der Waals surface area contributed by atoms with E-state index in [1.807, 2.05) is 30.3 Å². The summed E-state index contributed by atoms with van der Waals surface area (Å²) in [5.41, 5.74) is 6.80. The molecular weight excluding hydrogens is 314 g/mol. The summed E-state index contributed by atoms with van der Waals surface area (Å²) in [6.45, 7) is 0.925. The molecule has 2 N–H and O–H groups in total. The number of primary amides is 1. The Bertz CT molecular complexity index is 702. The van der Waals surface area contributed by atoms with Crippen LogP contribution in [0.2, 0.25) is 0 Å². The first-order valence-corrected chi connectivity index (χ1v) is 8.20. The quantitative estimate of drug-likeness (QED) is 0.908. The number of carbonyl (C=O) groups is 2. The summed E-state index contributed by atoms with van der Waals surface area (Å²) in [5, 5.41) is 2.65. The summed E-state index contributed by atoms with van der Waals surface area (Å²) < 4.78 is 5.25. The van der Waals surface area contributed by atoms with Crippen LogP contribution in [-0.2, 0) is 16.0 Å². The Balaban J connectivity index is 1.67. The van der Waals surface area contributed by atoms with Crippen molar-refractivity contribution >= 4 is 23.2 Å². The minimum absolute atomic E-state index is 0.180. The smallest absolute Gasteiger partial charge is 0.273 e. The summed E-state index contributed by atoms with van der Waals surface area (Å²) in [4.78, 5) is 29.7. The minimum Gasteiger partial charge on any atom is -0.367 e. The molecule has 1 saturated heterocycles. The Labute approximate surface area is 137 Å². The minimum atomic E-state index is -0.741. The van der Waals surface area contributed by atoms with E-state index < -0.39 is 12.0 Å². The van der Waals surface area contributed by atoms with Gasteiger partial charge in [0.05, 0.1) is 18.2 Å². The second-order valence-corrected chi connectivity index (χ2v) is 6.24. The van der Waals surface area contributed by atoms with Crippen LogP contribution < -0.4 is 5.73 Å². The second-order valence-electron chi connectivity index (χ2n) is 5.30. The summed E-state index contributed by atoms with van der Waals surface area (Å²) in [7, 11) is 0. The number of rotatable bonds is 4. The van der Waals surface area contributed by atoms with E-state index in [9.17, 15) is 9.59 Å². The van der Waals surface area contributed by atoms with Crippen LogP contribution in [-0.4, -0.2) is 47.5 Å². The van der Waals surface area contributed by atoms with E-state index >= 15 is 0 Å². The van der Waals surface area contributed by atoms with Crippen LogP contribution in [0.5, 0.6) is 0 Å². The third kappa shape index (κ3) is 3.75. The Morgan fingerprint density at radius 3 is 2.87 bits per heavy atom. The lowest BCUT2D eigenvalue weighted by Gasteiger charge is -2.30. The predicted octanol–water partition coefficient (Wildman–Crippen LogP) is 1.06. The number of amides is 2. The molecule has 3 rings (SSSR count). The van der Waals surface area contributed by atoms with Gasteiger partial charge in [0.1, 0.15) is 5.69 Å². The maximum absolute atomic E-state index is 12.5. The number of thiazole rings is 1. The molecule has 2 heterocycles. The monoisotopic (exact) mass is 331 g/mol. The lowest BCUT2D eigenvalue weighted by molar-refractivity contribution is -0.133. The van der Waals surface area contributed by atoms with Crippen LogP contribution in [0.15, 0.2) is 35.7 Å². The first-order chi connectivity index (χ1) is 11.1. The van der Waals surface area contributed by atoms with E-state index in [2.05, 4.69) is 4.98 Å². The molecule has 0 bridgehead atoms. The van der Waals surface area contributed by atoms with Crippen molar-refractivity contribution in [2.75, 3.05) is 19.7 Å². The molecule has 1 aliphatic heterocycles. The SMILES string of the molecule is NC(=O)[C@H]1CN(C(=O)c2csc(Cc3ccccc3)n2)CCO1. The molecule has 2 amide bonds. The molecule has 0 aliphatic carbocycles. The molecule has 1 atom stereocenters. The summed E-state index contributed by atoms with van der Waals surface area (Å²) in [5.74, 6) is -0.736. The molecule has 120 valence electrons. The van der Waals surface area contributed by atoms with Gasteiger partial charge in [-0.1, -0.05) is 30.3 Å². The maximum atomic E-state index is 12.5. The Kier molecular flexibility index (Phi) is 4.68. The molecule has 2 aromatic rings. The van der Waals surface area contributed by atoms with E-state index in [4.69, 9.17) is 10.5 Å². The summed E-state index contributed by atoms with van der Waals surface area (Å²) in [6.07, 6.45) is -0.0404. The third-order valence-corrected chi connectivity index (χ3v) is 4.49. The van der Waals surface area contributed by atoms with Crippen LogP contribution >= 0.6 is 11.3 Å². The van der Waals surface area contributed by atoms with Crippen LogP contribution in [0, 0.1) is 0 Å². The van der Waals surface area contributed by atoms with Gasteiger partial charge in [-0.15, -0.1) is 11.3 Å². The van der Waals surface area contributed by atoms with Crippen molar-refractivity contribution in [2.24, 2.45) is 5.73 Å². The van der Waals surface area contributed by atoms with Gasteiger partial charge in [0, 0.05) is 18.3 Å². The highest BCUT2D eigenvalue weighted by atomic mass is 32.1. The molecule has 0 spiro atoms. The van der Waals surface area contributed by atoms with E-state index in [1.54, 1.807) is 10.3 Å². The Morgan fingerprint density at radius 2 is 2.13 bits per heavy atom. The number of benzene rings is 1. The van der Waals surface area contributed by atoms with Crippen molar-refractivity contribution in [3.05, 3.63) is 52.0 Å². The lowest BCUT2D eigenvalue weighted by Crippen LogP contribution is -2.50. The highest BCUT2D eigenvalue weighted by molar-refractivity contribution is 7.09. The van der Waals surface area contributed by atoms with Gasteiger partial charge in [0.15, 0.2) is 6.10 Å². The molecular formula is C16H17N3O3S. The molecule has 23 heavy (non-hydrogen) atoms. The summed E-state index contributed by atoms with van der Waals surface area (Å²) in [6, 6.07) is 9.98. The fraction of sp³-hybridized carbons (Fsp3) is 0.312. The number of aromatic nitrogens is 1. The zero-order valence-electron chi connectivity index (χ0n) is 12.5. The topological polar surface area (TPSA) is 85.5 Å². The van der Waals surface area contributed by atoms with Crippen molar-refractivity contribution < 1.29 is 14.3 Å². The largest absolute Gasteiger partial charge is 0.367 e. The number of morpholine rings is 1. The van der Waals surface area contributed by atoms with Crippen LogP contribution in [0.25, 0.3) is 0 Å². The van der Waals surface area contributed by atoms with E-state index in [1.165, 1.54) is 11.3 Å². The van der Waals surface area contributed by atoms with Crippen LogP contribution in [0.1, 0.15) is 21.1 Å². The van der Waals surface area contributed by atoms with Gasteiger partial charge < -0.3 is 15.4 Å². The Hall–Kier alpha value is -2.25. The van der Waals surface area contributed by atoms with E-state index in [0.29, 0.717) is 25.3 Å². The average molecular weight is 331 g/mol. The molecule has 6 nitrogen and oxygen atoms in total. The molecule has 1 aromatic heterocycles. The highest BCUT2D eigenvalue weighted by Crippen LogP contribution is 2.17. The number of ether oxygens (including phenoxy) is 1. The maximum Gasteiger partial charge on any atom is 0.273 e. The van der Waals surface area contributed by atoms with Crippen molar-refractivity contribution in [1.82, 2.24) is 9.88 Å². The summed E-state index contributed by atoms with van der Waals surface area (Å²) >= 11 is 1.46. The van der Waals surface area contributed by atoms with E-state index in [0.717, 1.165) is 10.6 Å². The van der Waals surface area contributed by atoms with Gasteiger partial charge in [-0.05, 0) is 5.56 Å². The van der Waals surface area contributed by atoms with Crippen molar-refractivity contribution in [1.29, 1.82) is 0 Å². The third-order valence-electron chi connectivity index (χ3n) is 3.64. The number of hydrogen-bond donors (Lipinski definition) is 1. The molecule has 0 saturated carbocycles. The highest BCUT2D eigenvalue weighted by Gasteiger charge is 2.29. The lowest BCUT2D eigenvalue weighted by atomic mass is 10.2. The van der Waals surface area contributed by atoms with Crippen LogP contribution in [0.3, 0.4) is 0 Å². The zero-order chi connectivity index (χ0) is 16.2. The number of nitrogens with two attached hydrogens (primary N) is 1. The van der Waals surface area contributed by atoms with Gasteiger partial charge in [-0.3, -0.25) is 9.59 Å². The van der Waals surface area contributed by atoms with E-state index in [-0.39, 0.29) is 12.5 Å². The van der Waals surface area contributed by atoms with Gasteiger partial charge in [0.25, 0.3) is 5.91 Å². The first-order valence-electron chi connectivity index (χ1n) is 7.32. The Morgan fingerprint density at radius 1 is 1.35 bits per heavy atom. The van der Waals surface area contributed by atoms with Gasteiger partial charge >= 0.3 is 0 Å². The van der Waals surface area contributed by atoms with Gasteiger partial charge in [-0.25, -0.2) is 4.98 Å². The molecule has 1 aliphatic rings. The fourth-order valence-electron chi connectivity index (χ4n) is 2.43. The average Bonchev–Trinajstić information content (AvgIpc) is 3.03. The van der Waals surface area contributed by atoms with Crippen molar-refractivity contribution in [3.8, 4) is 0 Å². The van der Waals surface area contributed by atoms with Crippen LogP contribution in [0.4, 0.5) is 0 Å². The second kappa shape index (κ2) is 6.89. The van der Waals surface area contributed by atoms with Gasteiger partial charge in [0.2, 0.25) is 5.91 Å². The number of nitrogens with zero attached hydrogens (tertiary/aromatic N) is 2. The van der Waals surface area contributed by atoms with Crippen molar-refractivity contribution in [2.45, 2.75) is 12.5 Å². The number of carbonyl (C=O) groups excluding carboxylic acids is 2.